The number of nitrogens with zero attached hydrogens (tertiary/aromatic N) is 2. The Kier molecular flexibility index (Phi) is 3.09. The fraction of sp³-hybridized carbons (Fsp3) is 0.778. The van der Waals surface area contributed by atoms with Gasteiger partial charge >= 0.3 is 0 Å². The summed E-state index contributed by atoms with van der Waals surface area (Å²) in [5, 5.41) is 10.5. The fourth-order valence-corrected chi connectivity index (χ4v) is 3.93. The molecule has 2 heterocycles. The van der Waals surface area contributed by atoms with E-state index in [1.807, 2.05) is 11.8 Å². The summed E-state index contributed by atoms with van der Waals surface area (Å²) in [6, 6.07) is 0. The third kappa shape index (κ3) is 1.94. The molecule has 0 unspecified atom stereocenters. The van der Waals surface area contributed by atoms with Crippen molar-refractivity contribution in [1.82, 2.24) is 10.2 Å². The summed E-state index contributed by atoms with van der Waals surface area (Å²) in [4.78, 5) is 0. The number of hydrogen-bond donors (Lipinski definition) is 1. The Morgan fingerprint density at radius 1 is 1.36 bits per heavy atom. The second-order valence-electron chi connectivity index (χ2n) is 3.88. The van der Waals surface area contributed by atoms with Gasteiger partial charge in [0.2, 0.25) is 0 Å². The van der Waals surface area contributed by atoms with Gasteiger partial charge in [-0.05, 0) is 24.3 Å². The van der Waals surface area contributed by atoms with Gasteiger partial charge in [0.1, 0.15) is 10.0 Å². The van der Waals surface area contributed by atoms with Crippen LogP contribution in [0.4, 0.5) is 0 Å². The Balaban J connectivity index is 2.19. The van der Waals surface area contributed by atoms with Crippen molar-refractivity contribution < 1.29 is 0 Å². The van der Waals surface area contributed by atoms with Crippen LogP contribution in [-0.4, -0.2) is 21.7 Å². The van der Waals surface area contributed by atoms with Gasteiger partial charge in [-0.2, -0.15) is 11.8 Å². The van der Waals surface area contributed by atoms with Crippen molar-refractivity contribution >= 4 is 23.1 Å². The smallest absolute Gasteiger partial charge is 0.131 e. The van der Waals surface area contributed by atoms with Crippen molar-refractivity contribution in [2.45, 2.75) is 31.7 Å². The molecule has 1 aromatic heterocycles. The van der Waals surface area contributed by atoms with Gasteiger partial charge in [0.05, 0.1) is 0 Å². The third-order valence-corrected chi connectivity index (χ3v) is 4.99. The van der Waals surface area contributed by atoms with Crippen molar-refractivity contribution in [3.63, 3.8) is 0 Å². The highest BCUT2D eigenvalue weighted by molar-refractivity contribution is 7.99. The lowest BCUT2D eigenvalue weighted by atomic mass is 9.85. The molecule has 0 amide bonds. The minimum Gasteiger partial charge on any atom is -0.324 e. The molecule has 5 heteroatoms. The largest absolute Gasteiger partial charge is 0.324 e. The molecule has 0 bridgehead atoms. The van der Waals surface area contributed by atoms with Gasteiger partial charge in [-0.15, -0.1) is 10.2 Å². The summed E-state index contributed by atoms with van der Waals surface area (Å²) in [6.45, 7) is 2.82. The highest BCUT2D eigenvalue weighted by atomic mass is 32.2. The second-order valence-corrected chi connectivity index (χ2v) is 6.16. The quantitative estimate of drug-likeness (QED) is 0.840. The molecule has 0 spiro atoms. The van der Waals surface area contributed by atoms with E-state index in [4.69, 9.17) is 5.73 Å². The molecule has 0 atom stereocenters. The van der Waals surface area contributed by atoms with Crippen LogP contribution in [0.3, 0.4) is 0 Å². The van der Waals surface area contributed by atoms with Crippen LogP contribution in [0.5, 0.6) is 0 Å². The Bertz CT molecular complexity index is 305. The molecule has 0 radical (unpaired) electrons. The molecule has 2 N–H and O–H groups in total. The molecule has 78 valence electrons. The van der Waals surface area contributed by atoms with E-state index in [9.17, 15) is 0 Å². The van der Waals surface area contributed by atoms with Crippen LogP contribution in [0.25, 0.3) is 0 Å². The molecule has 14 heavy (non-hydrogen) atoms. The lowest BCUT2D eigenvalue weighted by Gasteiger charge is -2.30. The van der Waals surface area contributed by atoms with Gasteiger partial charge in [0.25, 0.3) is 0 Å². The van der Waals surface area contributed by atoms with E-state index in [-0.39, 0.29) is 5.41 Å². The van der Waals surface area contributed by atoms with E-state index in [0.29, 0.717) is 6.54 Å². The predicted molar refractivity (Wildman–Crippen MR) is 61.7 cm³/mol. The lowest BCUT2D eigenvalue weighted by molar-refractivity contribution is 0.431. The van der Waals surface area contributed by atoms with Crippen molar-refractivity contribution in [3.8, 4) is 0 Å². The van der Waals surface area contributed by atoms with Crippen LogP contribution in [0.2, 0.25) is 0 Å². The molecule has 1 aliphatic heterocycles. The number of rotatable bonds is 2. The molecule has 1 aromatic rings. The third-order valence-electron chi connectivity index (χ3n) is 2.75. The SMILES string of the molecule is CC1(c2nnc(CN)s2)CCSCC1. The summed E-state index contributed by atoms with van der Waals surface area (Å²) >= 11 is 3.72. The van der Waals surface area contributed by atoms with Crippen molar-refractivity contribution in [1.29, 1.82) is 0 Å². The van der Waals surface area contributed by atoms with E-state index in [0.717, 1.165) is 5.01 Å². The zero-order valence-electron chi connectivity index (χ0n) is 8.32. The van der Waals surface area contributed by atoms with E-state index < -0.39 is 0 Å². The molecule has 0 aromatic carbocycles. The first-order valence-corrected chi connectivity index (χ1v) is 6.82. The van der Waals surface area contributed by atoms with Crippen molar-refractivity contribution in [2.24, 2.45) is 5.73 Å². The van der Waals surface area contributed by atoms with Crippen LogP contribution in [0.1, 0.15) is 29.8 Å². The minimum atomic E-state index is 0.260. The average molecular weight is 229 g/mol. The molecule has 1 aliphatic rings. The molecule has 3 nitrogen and oxygen atoms in total. The maximum Gasteiger partial charge on any atom is 0.131 e. The molecular weight excluding hydrogens is 214 g/mol. The molecular formula is C9H15N3S2. The van der Waals surface area contributed by atoms with E-state index >= 15 is 0 Å². The van der Waals surface area contributed by atoms with Crippen LogP contribution in [0.15, 0.2) is 0 Å². The lowest BCUT2D eigenvalue weighted by Crippen LogP contribution is -2.27. The monoisotopic (exact) mass is 229 g/mol. The van der Waals surface area contributed by atoms with Crippen LogP contribution in [-0.2, 0) is 12.0 Å². The number of thioether (sulfide) groups is 1. The number of nitrogens with two attached hydrogens (primary N) is 1. The van der Waals surface area contributed by atoms with Crippen molar-refractivity contribution in [3.05, 3.63) is 10.0 Å². The summed E-state index contributed by atoms with van der Waals surface area (Å²) in [5.41, 5.74) is 5.80. The summed E-state index contributed by atoms with van der Waals surface area (Å²) in [7, 11) is 0. The van der Waals surface area contributed by atoms with Crippen molar-refractivity contribution in [2.75, 3.05) is 11.5 Å². The maximum atomic E-state index is 5.54. The second kappa shape index (κ2) is 4.16. The summed E-state index contributed by atoms with van der Waals surface area (Å²) in [6.07, 6.45) is 2.44. The predicted octanol–water partition coefficient (Wildman–Crippen LogP) is 1.78. The first-order valence-electron chi connectivity index (χ1n) is 4.85. The zero-order valence-corrected chi connectivity index (χ0v) is 9.96. The fourth-order valence-electron chi connectivity index (χ4n) is 1.62. The van der Waals surface area contributed by atoms with Crippen LogP contribution in [0, 0.1) is 0 Å². The Morgan fingerprint density at radius 3 is 2.64 bits per heavy atom. The normalized spacial score (nSPS) is 21.0. The van der Waals surface area contributed by atoms with Crippen LogP contribution < -0.4 is 5.73 Å². The molecule has 1 saturated heterocycles. The highest BCUT2D eigenvalue weighted by Gasteiger charge is 2.32. The minimum absolute atomic E-state index is 0.260. The summed E-state index contributed by atoms with van der Waals surface area (Å²) < 4.78 is 0. The standard InChI is InChI=1S/C9H15N3S2/c1-9(2-4-13-5-3-9)8-12-11-7(6-10)14-8/h2-6,10H2,1H3. The Labute approximate surface area is 92.5 Å². The van der Waals surface area contributed by atoms with Crippen LogP contribution >= 0.6 is 23.1 Å². The highest BCUT2D eigenvalue weighted by Crippen LogP contribution is 2.38. The number of hydrogen-bond acceptors (Lipinski definition) is 5. The molecule has 0 aliphatic carbocycles. The zero-order chi connectivity index (χ0) is 10.0. The van der Waals surface area contributed by atoms with Gasteiger partial charge in [-0.25, -0.2) is 0 Å². The summed E-state index contributed by atoms with van der Waals surface area (Å²) in [5.74, 6) is 2.49. The van der Waals surface area contributed by atoms with E-state index in [1.165, 1.54) is 29.4 Å². The molecule has 2 rings (SSSR count). The Morgan fingerprint density at radius 2 is 2.07 bits per heavy atom. The average Bonchev–Trinajstić information content (AvgIpc) is 2.67. The van der Waals surface area contributed by atoms with Gasteiger partial charge in [-0.3, -0.25) is 0 Å². The topological polar surface area (TPSA) is 51.8 Å². The maximum absolute atomic E-state index is 5.54. The van der Waals surface area contributed by atoms with Gasteiger partial charge in [0, 0.05) is 12.0 Å². The number of aromatic nitrogens is 2. The van der Waals surface area contributed by atoms with E-state index in [1.54, 1.807) is 11.3 Å². The van der Waals surface area contributed by atoms with Gasteiger partial charge in [-0.1, -0.05) is 18.3 Å². The first-order chi connectivity index (χ1) is 6.74. The first kappa shape index (κ1) is 10.4. The van der Waals surface area contributed by atoms with Gasteiger partial charge in [0.15, 0.2) is 0 Å². The van der Waals surface area contributed by atoms with Gasteiger partial charge < -0.3 is 5.73 Å². The van der Waals surface area contributed by atoms with E-state index in [2.05, 4.69) is 17.1 Å². The molecule has 1 fully saturated rings. The molecule has 0 saturated carbocycles. The Hall–Kier alpha value is -0.130.